The number of carbonyl (C=O) groups excluding carboxylic acids is 1. The first-order chi connectivity index (χ1) is 19.1. The second-order valence-electron chi connectivity index (χ2n) is 9.41. The third kappa shape index (κ3) is 8.08. The van der Waals surface area contributed by atoms with E-state index in [-0.39, 0.29) is 4.99 Å². The van der Waals surface area contributed by atoms with E-state index >= 15 is 0 Å². The van der Waals surface area contributed by atoms with Crippen molar-refractivity contribution in [2.75, 3.05) is 82.3 Å². The summed E-state index contributed by atoms with van der Waals surface area (Å²) in [5.74, 6) is -1.55. The maximum Gasteiger partial charge on any atom is 0.255 e. The molecule has 4 rings (SSSR count). The molecule has 2 saturated heterocycles. The highest BCUT2D eigenvalue weighted by atomic mass is 32.2. The van der Waals surface area contributed by atoms with Gasteiger partial charge in [0.2, 0.25) is 10.0 Å². The molecule has 0 aromatic heterocycles. The largest absolute Gasteiger partial charge is 0.378 e. The molecule has 11 nitrogen and oxygen atoms in total. The summed E-state index contributed by atoms with van der Waals surface area (Å²) < 4.78 is 36.2. The van der Waals surface area contributed by atoms with Gasteiger partial charge in [-0.15, -0.1) is 4.83 Å². The van der Waals surface area contributed by atoms with Crippen LogP contribution in [0.4, 0.5) is 11.4 Å². The maximum absolute atomic E-state index is 12.7. The van der Waals surface area contributed by atoms with Gasteiger partial charge < -0.3 is 19.3 Å². The lowest BCUT2D eigenvalue weighted by Crippen LogP contribution is -2.49. The van der Waals surface area contributed by atoms with Crippen molar-refractivity contribution in [3.63, 3.8) is 0 Å². The maximum atomic E-state index is 12.7. The monoisotopic (exact) mass is 606 g/mol. The zero-order valence-electron chi connectivity index (χ0n) is 22.5. The zero-order valence-corrected chi connectivity index (χ0v) is 25.0. The molecule has 0 radical (unpaired) electrons. The number of morpholine rings is 2. The molecule has 0 bridgehead atoms. The second-order valence-corrected chi connectivity index (χ2v) is 11.9. The van der Waals surface area contributed by atoms with Crippen molar-refractivity contribution in [2.45, 2.75) is 0 Å². The Hall–Kier alpha value is -2.88. The number of nitrogens with zero attached hydrogens (tertiary/aromatic N) is 4. The Morgan fingerprint density at radius 3 is 1.60 bits per heavy atom. The van der Waals surface area contributed by atoms with Gasteiger partial charge in [-0.2, -0.15) is 0 Å². The van der Waals surface area contributed by atoms with Crippen LogP contribution in [0.3, 0.4) is 0 Å². The molecule has 40 heavy (non-hydrogen) atoms. The van der Waals surface area contributed by atoms with Crippen LogP contribution in [-0.4, -0.2) is 107 Å². The van der Waals surface area contributed by atoms with Crippen LogP contribution >= 0.6 is 24.4 Å². The van der Waals surface area contributed by atoms with Crippen molar-refractivity contribution >= 4 is 61.7 Å². The highest BCUT2D eigenvalue weighted by Crippen LogP contribution is 2.19. The quantitative estimate of drug-likeness (QED) is 0.334. The first-order valence-corrected chi connectivity index (χ1v) is 15.3. The third-order valence-electron chi connectivity index (χ3n) is 6.48. The summed E-state index contributed by atoms with van der Waals surface area (Å²) in [6, 6.07) is 15.2. The average Bonchev–Trinajstić information content (AvgIpc) is 2.96. The topological polar surface area (TPSA) is 107 Å². The first-order valence-electron chi connectivity index (χ1n) is 12.8. The third-order valence-corrected chi connectivity index (χ3v) is 8.69. The molecule has 0 atom stereocenters. The van der Waals surface area contributed by atoms with Gasteiger partial charge in [0.15, 0.2) is 0 Å². The molecule has 1 amide bonds. The molecule has 2 aliphatic rings. The van der Waals surface area contributed by atoms with Gasteiger partial charge in [-0.05, 0) is 48.5 Å². The molecular formula is C26H34N6O5S3. The van der Waals surface area contributed by atoms with Crippen LogP contribution in [0.15, 0.2) is 48.5 Å². The lowest BCUT2D eigenvalue weighted by atomic mass is 10.2. The smallest absolute Gasteiger partial charge is 0.255 e. The van der Waals surface area contributed by atoms with Crippen molar-refractivity contribution in [2.24, 2.45) is 0 Å². The predicted octanol–water partition coefficient (Wildman–Crippen LogP) is 1.14. The Labute approximate surface area is 246 Å². The highest BCUT2D eigenvalue weighted by Gasteiger charge is 2.22. The van der Waals surface area contributed by atoms with Gasteiger partial charge in [0, 0.05) is 62.8 Å². The van der Waals surface area contributed by atoms with E-state index in [1.54, 1.807) is 7.05 Å². The van der Waals surface area contributed by atoms with Gasteiger partial charge in [-0.25, -0.2) is 8.42 Å². The Kier molecular flexibility index (Phi) is 10.3. The SMILES string of the molecule is CN(NC(=O)CS(=O)(=O)NN(C)C(=S)c1ccc(N2CCOCC2)cc1)C(=S)c1ccc(N2CCOCC2)cc1. The number of sulfonamides is 1. The highest BCUT2D eigenvalue weighted by molar-refractivity contribution is 7.90. The van der Waals surface area contributed by atoms with Crippen LogP contribution in [-0.2, 0) is 24.3 Å². The summed E-state index contributed by atoms with van der Waals surface area (Å²) in [4.78, 5) is 20.0. The van der Waals surface area contributed by atoms with Crippen molar-refractivity contribution in [1.82, 2.24) is 20.3 Å². The van der Waals surface area contributed by atoms with E-state index in [9.17, 15) is 13.2 Å². The van der Waals surface area contributed by atoms with E-state index in [0.717, 1.165) is 43.1 Å². The van der Waals surface area contributed by atoms with Crippen LogP contribution in [0.2, 0.25) is 0 Å². The molecule has 216 valence electrons. The predicted molar refractivity (Wildman–Crippen MR) is 163 cm³/mol. The lowest BCUT2D eigenvalue weighted by Gasteiger charge is -2.29. The second kappa shape index (κ2) is 13.7. The number of amides is 1. The van der Waals surface area contributed by atoms with Crippen LogP contribution in [0.25, 0.3) is 0 Å². The van der Waals surface area contributed by atoms with Crippen LogP contribution in [0.5, 0.6) is 0 Å². The van der Waals surface area contributed by atoms with Crippen molar-refractivity contribution in [3.05, 3.63) is 59.7 Å². The van der Waals surface area contributed by atoms with Crippen LogP contribution < -0.4 is 20.1 Å². The molecule has 14 heteroatoms. The van der Waals surface area contributed by atoms with Gasteiger partial charge in [0.1, 0.15) is 15.7 Å². The zero-order chi connectivity index (χ0) is 28.7. The number of carbonyl (C=O) groups is 1. The summed E-state index contributed by atoms with van der Waals surface area (Å²) in [6.07, 6.45) is 0. The molecular weight excluding hydrogens is 573 g/mol. The molecule has 2 aromatic carbocycles. The fraction of sp³-hybridized carbons (Fsp3) is 0.423. The van der Waals surface area contributed by atoms with Gasteiger partial charge in [0.25, 0.3) is 5.91 Å². The number of nitrogens with one attached hydrogen (secondary N) is 2. The van der Waals surface area contributed by atoms with E-state index in [0.29, 0.717) is 37.0 Å². The molecule has 2 aliphatic heterocycles. The number of rotatable bonds is 8. The van der Waals surface area contributed by atoms with Crippen molar-refractivity contribution in [3.8, 4) is 0 Å². The number of ether oxygens (including phenoxy) is 2. The minimum absolute atomic E-state index is 0.274. The molecule has 2 heterocycles. The number of hydrogen-bond donors (Lipinski definition) is 2. The lowest BCUT2D eigenvalue weighted by molar-refractivity contribution is -0.121. The van der Waals surface area contributed by atoms with E-state index < -0.39 is 21.7 Å². The number of anilines is 2. The van der Waals surface area contributed by atoms with Gasteiger partial charge in [-0.3, -0.25) is 20.2 Å². The van der Waals surface area contributed by atoms with Crippen molar-refractivity contribution < 1.29 is 22.7 Å². The van der Waals surface area contributed by atoms with E-state index in [1.807, 2.05) is 48.5 Å². The van der Waals surface area contributed by atoms with Crippen LogP contribution in [0.1, 0.15) is 11.1 Å². The minimum atomic E-state index is -4.04. The van der Waals surface area contributed by atoms with Crippen LogP contribution in [0, 0.1) is 0 Å². The number of thiocarbonyl (C=S) groups is 2. The summed E-state index contributed by atoms with van der Waals surface area (Å²) in [5.41, 5.74) is 6.03. The van der Waals surface area contributed by atoms with Crippen molar-refractivity contribution in [1.29, 1.82) is 0 Å². The fourth-order valence-electron chi connectivity index (χ4n) is 4.39. The Morgan fingerprint density at radius 1 is 0.775 bits per heavy atom. The van der Waals surface area contributed by atoms with Gasteiger partial charge in [-0.1, -0.05) is 24.4 Å². The number of hydrogen-bond acceptors (Lipinski definition) is 9. The summed E-state index contributed by atoms with van der Waals surface area (Å²) in [5, 5.41) is 2.55. The molecule has 2 aromatic rings. The molecule has 0 saturated carbocycles. The molecule has 0 aliphatic carbocycles. The first kappa shape index (κ1) is 30.1. The molecule has 0 spiro atoms. The average molecular weight is 607 g/mol. The number of hydrazine groups is 2. The fourth-order valence-corrected chi connectivity index (χ4v) is 5.79. The summed E-state index contributed by atoms with van der Waals surface area (Å²) in [7, 11) is -0.981. The van der Waals surface area contributed by atoms with E-state index in [4.69, 9.17) is 33.9 Å². The molecule has 2 N–H and O–H groups in total. The number of benzene rings is 2. The summed E-state index contributed by atoms with van der Waals surface area (Å²) in [6.45, 7) is 6.02. The van der Waals surface area contributed by atoms with E-state index in [1.165, 1.54) is 17.1 Å². The Balaban J connectivity index is 1.27. The molecule has 2 fully saturated rings. The normalized spacial score (nSPS) is 15.8. The Bertz CT molecular complexity index is 1300. The van der Waals surface area contributed by atoms with Gasteiger partial charge >= 0.3 is 0 Å². The standard InChI is InChI=1S/C26H34N6O5S3/c1-29(25(38)20-3-7-22(8-4-20)31-11-15-36-16-12-31)27-24(33)19-40(34,35)28-30(2)26(39)21-5-9-23(10-6-21)32-13-17-37-18-14-32/h3-10,28H,11-19H2,1-2H3,(H,27,33). The Morgan fingerprint density at radius 2 is 1.18 bits per heavy atom. The minimum Gasteiger partial charge on any atom is -0.378 e. The molecule has 0 unspecified atom stereocenters. The van der Waals surface area contributed by atoms with E-state index in [2.05, 4.69) is 20.1 Å². The summed E-state index contributed by atoms with van der Waals surface area (Å²) >= 11 is 11.0. The van der Waals surface area contributed by atoms with Gasteiger partial charge in [0.05, 0.1) is 26.4 Å².